The Balaban J connectivity index is 3.17. The summed E-state index contributed by atoms with van der Waals surface area (Å²) in [6.45, 7) is 0.575. The fourth-order valence-corrected chi connectivity index (χ4v) is 1.40. The maximum absolute atomic E-state index is 10.7. The molecular weight excluding hydrogens is 258 g/mol. The van der Waals surface area contributed by atoms with Gasteiger partial charge in [-0.25, -0.2) is 0 Å². The highest BCUT2D eigenvalue weighted by Gasteiger charge is 2.00. The van der Waals surface area contributed by atoms with Gasteiger partial charge < -0.3 is 10.1 Å². The fraction of sp³-hybridized carbons (Fsp3) is 0.714. The maximum atomic E-state index is 10.7. The average molecular weight is 270 g/mol. The zero-order chi connectivity index (χ0) is 10.1. The molecule has 0 saturated heterocycles. The summed E-state index contributed by atoms with van der Waals surface area (Å²) in [5, 5.41) is 2.98. The third-order valence-corrected chi connectivity index (χ3v) is 2.58. The molecule has 13 heavy (non-hydrogen) atoms. The molecule has 0 radical (unpaired) electrons. The molecule has 0 rings (SSSR count). The van der Waals surface area contributed by atoms with E-state index in [0.29, 0.717) is 23.4 Å². The summed E-state index contributed by atoms with van der Waals surface area (Å²) in [4.78, 5) is 21.3. The number of halogens is 1. The highest BCUT2D eigenvalue weighted by atomic mass is 79.9. The van der Waals surface area contributed by atoms with E-state index in [0.717, 1.165) is 0 Å². The van der Waals surface area contributed by atoms with Crippen LogP contribution in [0, 0.1) is 0 Å². The number of hydrogen-bond acceptors (Lipinski definition) is 4. The van der Waals surface area contributed by atoms with Gasteiger partial charge in [0.15, 0.2) is 0 Å². The van der Waals surface area contributed by atoms with Gasteiger partial charge in [0.1, 0.15) is 0 Å². The monoisotopic (exact) mass is 269 g/mol. The minimum Gasteiger partial charge on any atom is -0.468 e. The van der Waals surface area contributed by atoms with Crippen LogP contribution in [0.3, 0.4) is 0 Å². The quantitative estimate of drug-likeness (QED) is 0.431. The number of rotatable bonds is 6. The Labute approximate surface area is 89.9 Å². The number of nitrogens with one attached hydrogen (secondary N) is 1. The first-order valence-corrected chi connectivity index (χ1v) is 5.95. The van der Waals surface area contributed by atoms with E-state index in [1.807, 2.05) is 0 Å². The third-order valence-electron chi connectivity index (χ3n) is 1.14. The number of thioether (sulfide) groups is 1. The van der Waals surface area contributed by atoms with Crippen LogP contribution in [0.15, 0.2) is 0 Å². The predicted octanol–water partition coefficient (Wildman–Crippen LogP) is 0.404. The van der Waals surface area contributed by atoms with E-state index in [-0.39, 0.29) is 11.9 Å². The van der Waals surface area contributed by atoms with Crippen LogP contribution in [-0.2, 0) is 14.3 Å². The van der Waals surface area contributed by atoms with Crippen molar-refractivity contribution in [1.82, 2.24) is 5.32 Å². The van der Waals surface area contributed by atoms with E-state index in [1.54, 1.807) is 0 Å². The van der Waals surface area contributed by atoms with Crippen LogP contribution in [0.4, 0.5) is 0 Å². The number of amides is 1. The Bertz CT molecular complexity index is 159. The van der Waals surface area contributed by atoms with Gasteiger partial charge in [0.2, 0.25) is 5.91 Å². The van der Waals surface area contributed by atoms with Gasteiger partial charge in [0, 0.05) is 12.3 Å². The summed E-state index contributed by atoms with van der Waals surface area (Å²) in [7, 11) is 1.36. The topological polar surface area (TPSA) is 55.4 Å². The minimum atomic E-state index is -0.239. The summed E-state index contributed by atoms with van der Waals surface area (Å²) < 4.78 is 4.44. The van der Waals surface area contributed by atoms with Gasteiger partial charge in [0.25, 0.3) is 0 Å². The fourth-order valence-electron chi connectivity index (χ4n) is 0.524. The highest BCUT2D eigenvalue weighted by Crippen LogP contribution is 1.98. The Morgan fingerprint density at radius 1 is 1.54 bits per heavy atom. The predicted molar refractivity (Wildman–Crippen MR) is 56.1 cm³/mol. The van der Waals surface area contributed by atoms with E-state index in [1.165, 1.54) is 18.9 Å². The molecule has 0 unspecified atom stereocenters. The van der Waals surface area contributed by atoms with Crippen molar-refractivity contribution in [2.45, 2.75) is 0 Å². The number of esters is 1. The van der Waals surface area contributed by atoms with Crippen LogP contribution < -0.4 is 5.32 Å². The van der Waals surface area contributed by atoms with Crippen molar-refractivity contribution in [3.63, 3.8) is 0 Å². The van der Waals surface area contributed by atoms with Crippen molar-refractivity contribution in [2.75, 3.05) is 30.5 Å². The molecule has 0 bridgehead atoms. The van der Waals surface area contributed by atoms with Crippen molar-refractivity contribution in [3.05, 3.63) is 0 Å². The number of ether oxygens (including phenoxy) is 1. The molecular formula is C7H12BrNO3S. The molecule has 76 valence electrons. The number of hydrogen-bond donors (Lipinski definition) is 1. The van der Waals surface area contributed by atoms with Crippen LogP contribution in [0.1, 0.15) is 0 Å². The van der Waals surface area contributed by atoms with Crippen LogP contribution in [0.2, 0.25) is 0 Å². The molecule has 0 spiro atoms. The molecule has 0 saturated carbocycles. The largest absolute Gasteiger partial charge is 0.468 e. The Morgan fingerprint density at radius 2 is 2.23 bits per heavy atom. The average Bonchev–Trinajstić information content (AvgIpc) is 2.16. The lowest BCUT2D eigenvalue weighted by Gasteiger charge is -2.01. The molecule has 0 heterocycles. The van der Waals surface area contributed by atoms with Gasteiger partial charge in [-0.1, -0.05) is 15.9 Å². The molecule has 0 aliphatic carbocycles. The van der Waals surface area contributed by atoms with E-state index < -0.39 is 0 Å². The summed E-state index contributed by atoms with van der Waals surface area (Å²) in [5.74, 6) is 0.768. The second-order valence-electron chi connectivity index (χ2n) is 2.11. The highest BCUT2D eigenvalue weighted by molar-refractivity contribution is 9.09. The first kappa shape index (κ1) is 12.8. The summed E-state index contributed by atoms with van der Waals surface area (Å²) in [6, 6.07) is 0. The normalized spacial score (nSPS) is 9.38. The van der Waals surface area contributed by atoms with E-state index in [2.05, 4.69) is 26.0 Å². The first-order valence-electron chi connectivity index (χ1n) is 3.68. The number of carbonyl (C=O) groups excluding carboxylic acids is 2. The van der Waals surface area contributed by atoms with Crippen molar-refractivity contribution in [2.24, 2.45) is 0 Å². The lowest BCUT2D eigenvalue weighted by molar-refractivity contribution is -0.137. The molecule has 6 heteroatoms. The molecule has 0 fully saturated rings. The van der Waals surface area contributed by atoms with Crippen LogP contribution in [-0.4, -0.2) is 42.4 Å². The minimum absolute atomic E-state index is 0.0429. The van der Waals surface area contributed by atoms with Gasteiger partial charge in [0.05, 0.1) is 18.2 Å². The summed E-state index contributed by atoms with van der Waals surface area (Å²) in [5.41, 5.74) is 0. The molecule has 1 amide bonds. The molecule has 0 aromatic rings. The maximum Gasteiger partial charge on any atom is 0.315 e. The molecule has 0 aromatic heterocycles. The standard InChI is InChI=1S/C7H12BrNO3S/c1-12-7(11)5-13-3-2-9-6(10)4-8/h2-5H2,1H3,(H,9,10). The lowest BCUT2D eigenvalue weighted by atomic mass is 10.6. The summed E-state index contributed by atoms with van der Waals surface area (Å²) in [6.07, 6.45) is 0. The second kappa shape index (κ2) is 8.37. The molecule has 0 aliphatic heterocycles. The smallest absolute Gasteiger partial charge is 0.315 e. The third kappa shape index (κ3) is 8.11. The van der Waals surface area contributed by atoms with Crippen molar-refractivity contribution >= 4 is 39.6 Å². The van der Waals surface area contributed by atoms with Crippen LogP contribution in [0.5, 0.6) is 0 Å². The molecule has 0 aliphatic rings. The lowest BCUT2D eigenvalue weighted by Crippen LogP contribution is -2.26. The van der Waals surface area contributed by atoms with Gasteiger partial charge in [-0.3, -0.25) is 9.59 Å². The zero-order valence-electron chi connectivity index (χ0n) is 7.34. The SMILES string of the molecule is COC(=O)CSCCNC(=O)CBr. The zero-order valence-corrected chi connectivity index (χ0v) is 9.74. The molecule has 0 aromatic carbocycles. The molecule has 4 nitrogen and oxygen atoms in total. The van der Waals surface area contributed by atoms with Crippen molar-refractivity contribution in [1.29, 1.82) is 0 Å². The molecule has 1 N–H and O–H groups in total. The van der Waals surface area contributed by atoms with E-state index >= 15 is 0 Å². The second-order valence-corrected chi connectivity index (χ2v) is 3.78. The van der Waals surface area contributed by atoms with Gasteiger partial charge >= 0.3 is 5.97 Å². The number of methoxy groups -OCH3 is 1. The number of alkyl halides is 1. The Kier molecular flexibility index (Phi) is 8.22. The van der Waals surface area contributed by atoms with Gasteiger partial charge in [-0.15, -0.1) is 11.8 Å². The van der Waals surface area contributed by atoms with E-state index in [4.69, 9.17) is 0 Å². The first-order chi connectivity index (χ1) is 6.20. The Morgan fingerprint density at radius 3 is 2.77 bits per heavy atom. The van der Waals surface area contributed by atoms with E-state index in [9.17, 15) is 9.59 Å². The number of carbonyl (C=O) groups is 2. The Hall–Kier alpha value is -0.230. The summed E-state index contributed by atoms with van der Waals surface area (Å²) >= 11 is 4.46. The van der Waals surface area contributed by atoms with Gasteiger partial charge in [-0.2, -0.15) is 0 Å². The van der Waals surface area contributed by atoms with Crippen molar-refractivity contribution < 1.29 is 14.3 Å². The van der Waals surface area contributed by atoms with Crippen LogP contribution >= 0.6 is 27.7 Å². The molecule has 0 atom stereocenters. The van der Waals surface area contributed by atoms with Crippen molar-refractivity contribution in [3.8, 4) is 0 Å². The van der Waals surface area contributed by atoms with Gasteiger partial charge in [-0.05, 0) is 0 Å². The van der Waals surface area contributed by atoms with Crippen LogP contribution in [0.25, 0.3) is 0 Å².